The van der Waals surface area contributed by atoms with Crippen LogP contribution < -0.4 is 0 Å². The van der Waals surface area contributed by atoms with Crippen molar-refractivity contribution in [2.75, 3.05) is 0 Å². The van der Waals surface area contributed by atoms with Gasteiger partial charge in [-0.1, -0.05) is 6.07 Å². The van der Waals surface area contributed by atoms with Gasteiger partial charge in [0.05, 0.1) is 5.75 Å². The van der Waals surface area contributed by atoms with Crippen molar-refractivity contribution in [3.63, 3.8) is 0 Å². The molecule has 0 aliphatic rings. The molecule has 0 spiro atoms. The monoisotopic (exact) mass is 239 g/mol. The first-order chi connectivity index (χ1) is 7.56. The van der Waals surface area contributed by atoms with Crippen LogP contribution in [0.3, 0.4) is 0 Å². The molecule has 0 amide bonds. The largest absolute Gasteiger partial charge is 0.477 e. The molecule has 5 nitrogen and oxygen atoms in total. The molecule has 0 radical (unpaired) electrons. The lowest BCUT2D eigenvalue weighted by Gasteiger charge is -1.96. The van der Waals surface area contributed by atoms with Crippen LogP contribution in [0, 0.1) is 0 Å². The number of aromatic amines is 1. The Hall–Kier alpha value is -1.66. The molecule has 1 aromatic carbocycles. The summed E-state index contributed by atoms with van der Waals surface area (Å²) in [4.78, 5) is 13.5. The van der Waals surface area contributed by atoms with Crippen LogP contribution in [-0.4, -0.2) is 24.8 Å². The van der Waals surface area contributed by atoms with Gasteiger partial charge in [0.15, 0.2) is 11.1 Å². The molecular weight excluding hydrogens is 230 g/mol. The smallest absolute Gasteiger partial charge is 0.352 e. The predicted molar refractivity (Wildman–Crippen MR) is 59.7 cm³/mol. The van der Waals surface area contributed by atoms with Crippen molar-refractivity contribution in [1.82, 2.24) is 4.98 Å². The molecule has 84 valence electrons. The summed E-state index contributed by atoms with van der Waals surface area (Å²) in [5.41, 5.74) is 1.51. The van der Waals surface area contributed by atoms with E-state index in [0.29, 0.717) is 11.1 Å². The van der Waals surface area contributed by atoms with Gasteiger partial charge in [-0.3, -0.25) is 0 Å². The molecule has 6 heteroatoms. The summed E-state index contributed by atoms with van der Waals surface area (Å²) in [6.07, 6.45) is 0. The number of carbonyl (C=O) groups is 1. The standard InChI is InChI=1S/C10H9NO4S/c12-10(13)9-4-7-3-6(5-16(14)15)1-2-8(7)11-9/h1-4,11H,5H2,(H,12,13)(H,14,15). The summed E-state index contributed by atoms with van der Waals surface area (Å²) < 4.78 is 19.4. The van der Waals surface area contributed by atoms with Crippen LogP contribution in [0.4, 0.5) is 0 Å². The zero-order valence-electron chi connectivity index (χ0n) is 8.14. The van der Waals surface area contributed by atoms with Crippen molar-refractivity contribution >= 4 is 28.0 Å². The zero-order chi connectivity index (χ0) is 11.7. The Morgan fingerprint density at radius 3 is 2.75 bits per heavy atom. The number of aromatic carboxylic acids is 1. The Bertz CT molecular complexity index is 575. The average molecular weight is 239 g/mol. The summed E-state index contributed by atoms with van der Waals surface area (Å²) in [5.74, 6) is -0.979. The van der Waals surface area contributed by atoms with E-state index in [-0.39, 0.29) is 11.4 Å². The molecule has 0 bridgehead atoms. The maximum Gasteiger partial charge on any atom is 0.352 e. The lowest BCUT2D eigenvalue weighted by atomic mass is 10.2. The van der Waals surface area contributed by atoms with Crippen LogP contribution in [0.5, 0.6) is 0 Å². The average Bonchev–Trinajstić information content (AvgIpc) is 2.59. The molecule has 16 heavy (non-hydrogen) atoms. The van der Waals surface area contributed by atoms with Gasteiger partial charge in [-0.25, -0.2) is 9.00 Å². The summed E-state index contributed by atoms with van der Waals surface area (Å²) >= 11 is -1.89. The van der Waals surface area contributed by atoms with E-state index >= 15 is 0 Å². The van der Waals surface area contributed by atoms with Gasteiger partial charge in [-0.05, 0) is 23.8 Å². The zero-order valence-corrected chi connectivity index (χ0v) is 8.95. The number of nitrogens with one attached hydrogen (secondary N) is 1. The first-order valence-corrected chi connectivity index (χ1v) is 5.76. The highest BCUT2D eigenvalue weighted by atomic mass is 32.2. The minimum Gasteiger partial charge on any atom is -0.477 e. The molecule has 0 saturated heterocycles. The van der Waals surface area contributed by atoms with Crippen molar-refractivity contribution in [3.8, 4) is 0 Å². The maximum absolute atomic E-state index is 10.7. The van der Waals surface area contributed by atoms with Gasteiger partial charge in [0.25, 0.3) is 0 Å². The van der Waals surface area contributed by atoms with Crippen molar-refractivity contribution in [2.24, 2.45) is 0 Å². The predicted octanol–water partition coefficient (Wildman–Crippen LogP) is 1.59. The van der Waals surface area contributed by atoms with Crippen molar-refractivity contribution in [3.05, 3.63) is 35.5 Å². The molecule has 1 aromatic heterocycles. The van der Waals surface area contributed by atoms with E-state index in [0.717, 1.165) is 5.39 Å². The highest BCUT2D eigenvalue weighted by Gasteiger charge is 2.08. The Kier molecular flexibility index (Phi) is 2.76. The Labute approximate surface area is 93.4 Å². The number of carboxylic acids is 1. The second-order valence-corrected chi connectivity index (χ2v) is 4.31. The second-order valence-electron chi connectivity index (χ2n) is 3.38. The van der Waals surface area contributed by atoms with E-state index in [4.69, 9.17) is 9.66 Å². The summed E-state index contributed by atoms with van der Waals surface area (Å²) in [7, 11) is 0. The van der Waals surface area contributed by atoms with Crippen molar-refractivity contribution in [1.29, 1.82) is 0 Å². The summed E-state index contributed by atoms with van der Waals surface area (Å²) in [6.45, 7) is 0. The molecule has 2 aromatic rings. The van der Waals surface area contributed by atoms with Gasteiger partial charge >= 0.3 is 5.97 Å². The topological polar surface area (TPSA) is 90.4 Å². The number of H-pyrrole nitrogens is 1. The highest BCUT2D eigenvalue weighted by molar-refractivity contribution is 7.78. The van der Waals surface area contributed by atoms with Crippen LogP contribution in [0.1, 0.15) is 16.1 Å². The molecule has 1 atom stereocenters. The van der Waals surface area contributed by atoms with Gasteiger partial charge in [0, 0.05) is 10.9 Å². The molecular formula is C10H9NO4S. The van der Waals surface area contributed by atoms with Gasteiger partial charge < -0.3 is 14.6 Å². The number of aromatic nitrogens is 1. The highest BCUT2D eigenvalue weighted by Crippen LogP contribution is 2.18. The van der Waals surface area contributed by atoms with Crippen LogP contribution >= 0.6 is 0 Å². The molecule has 1 unspecified atom stereocenters. The molecule has 0 fully saturated rings. The van der Waals surface area contributed by atoms with Crippen LogP contribution in [0.15, 0.2) is 24.3 Å². The van der Waals surface area contributed by atoms with Gasteiger partial charge in [0.1, 0.15) is 5.69 Å². The minimum absolute atomic E-state index is 0.0452. The molecule has 0 aliphatic heterocycles. The SMILES string of the molecule is O=C(O)c1cc2cc(CS(=O)O)ccc2[nH]1. The van der Waals surface area contributed by atoms with E-state index in [2.05, 4.69) is 4.98 Å². The third kappa shape index (κ3) is 2.12. The third-order valence-corrected chi connectivity index (χ3v) is 2.79. The number of hydrogen-bond acceptors (Lipinski definition) is 2. The quantitative estimate of drug-likeness (QED) is 0.709. The first kappa shape index (κ1) is 10.8. The molecule has 2 rings (SSSR count). The Morgan fingerprint density at radius 1 is 1.38 bits per heavy atom. The maximum atomic E-state index is 10.7. The van der Waals surface area contributed by atoms with Crippen LogP contribution in [0.2, 0.25) is 0 Å². The van der Waals surface area contributed by atoms with Gasteiger partial charge in [-0.15, -0.1) is 0 Å². The van der Waals surface area contributed by atoms with E-state index in [1.165, 1.54) is 6.07 Å². The fourth-order valence-corrected chi connectivity index (χ4v) is 1.99. The van der Waals surface area contributed by atoms with Crippen LogP contribution in [0.25, 0.3) is 10.9 Å². The summed E-state index contributed by atoms with van der Waals surface area (Å²) in [6, 6.07) is 6.59. The molecule has 0 saturated carbocycles. The fourth-order valence-electron chi connectivity index (χ4n) is 1.53. The number of benzene rings is 1. The van der Waals surface area contributed by atoms with Gasteiger partial charge in [0.2, 0.25) is 0 Å². The Balaban J connectivity index is 2.45. The lowest BCUT2D eigenvalue weighted by Crippen LogP contribution is -1.94. The van der Waals surface area contributed by atoms with E-state index in [9.17, 15) is 9.00 Å². The molecule has 1 heterocycles. The van der Waals surface area contributed by atoms with Crippen molar-refractivity contribution < 1.29 is 18.7 Å². The van der Waals surface area contributed by atoms with Crippen molar-refractivity contribution in [2.45, 2.75) is 5.75 Å². The fraction of sp³-hybridized carbons (Fsp3) is 0.100. The van der Waals surface area contributed by atoms with Crippen LogP contribution in [-0.2, 0) is 16.8 Å². The Morgan fingerprint density at radius 2 is 2.12 bits per heavy atom. The minimum atomic E-state index is -1.89. The lowest BCUT2D eigenvalue weighted by molar-refractivity contribution is 0.0691. The first-order valence-electron chi connectivity index (χ1n) is 4.48. The number of carboxylic acid groups (broad SMARTS) is 1. The summed E-state index contributed by atoms with van der Waals surface area (Å²) in [5, 5.41) is 9.50. The molecule has 3 N–H and O–H groups in total. The van der Waals surface area contributed by atoms with E-state index in [1.807, 2.05) is 0 Å². The number of hydrogen-bond donors (Lipinski definition) is 3. The second kappa shape index (κ2) is 4.07. The third-order valence-electron chi connectivity index (χ3n) is 2.21. The van der Waals surface area contributed by atoms with Gasteiger partial charge in [-0.2, -0.15) is 0 Å². The number of fused-ring (bicyclic) bond motifs is 1. The van der Waals surface area contributed by atoms with E-state index < -0.39 is 17.0 Å². The van der Waals surface area contributed by atoms with E-state index in [1.54, 1.807) is 18.2 Å². The molecule has 0 aliphatic carbocycles. The normalized spacial score (nSPS) is 12.8. The number of rotatable bonds is 3.